The Balaban J connectivity index is 2.45. The first-order chi connectivity index (χ1) is 9.38. The number of nitrogens with zero attached hydrogens (tertiary/aromatic N) is 1. The molecule has 0 aliphatic heterocycles. The quantitative estimate of drug-likeness (QED) is 0.895. The van der Waals surface area contributed by atoms with Crippen molar-refractivity contribution < 1.29 is 9.18 Å². The number of hydrogen-bond acceptors (Lipinski definition) is 2. The molecule has 104 valence electrons. The number of carbonyl (C=O) groups excluding carboxylic acids is 1. The molecule has 0 aliphatic carbocycles. The van der Waals surface area contributed by atoms with E-state index in [4.69, 9.17) is 22.7 Å². The van der Waals surface area contributed by atoms with Gasteiger partial charge in [-0.1, -0.05) is 23.7 Å². The van der Waals surface area contributed by atoms with Gasteiger partial charge >= 0.3 is 0 Å². The Kier molecular flexibility index (Phi) is 3.90. The summed E-state index contributed by atoms with van der Waals surface area (Å²) in [5, 5.41) is 8.22. The van der Waals surface area contributed by atoms with E-state index in [0.717, 1.165) is 0 Å². The molecule has 3 N–H and O–H groups in total. The number of amides is 1. The second-order valence-corrected chi connectivity index (χ2v) is 4.93. The molecule has 0 bridgehead atoms. The fourth-order valence-corrected chi connectivity index (χ4v) is 2.08. The largest absolute Gasteiger partial charge is 0.365 e. The number of pyridine rings is 1. The molecule has 0 unspecified atom stereocenters. The number of nitrogens with two attached hydrogens (primary N) is 1. The zero-order chi connectivity index (χ0) is 14.9. The van der Waals surface area contributed by atoms with Crippen LogP contribution >= 0.6 is 11.6 Å². The van der Waals surface area contributed by atoms with Crippen LogP contribution in [-0.2, 0) is 6.54 Å². The van der Waals surface area contributed by atoms with Gasteiger partial charge < -0.3 is 10.3 Å². The first-order valence-electron chi connectivity index (χ1n) is 5.88. The second-order valence-electron chi connectivity index (χ2n) is 4.50. The van der Waals surface area contributed by atoms with E-state index >= 15 is 0 Å². The number of aryl methyl sites for hydroxylation is 1. The SMILES string of the molecule is Cc1ccc(Cn2cc(Cl)cc(C(N)=O)c2=N)cc1F. The van der Waals surface area contributed by atoms with Crippen molar-refractivity contribution in [3.05, 3.63) is 63.5 Å². The van der Waals surface area contributed by atoms with Crippen molar-refractivity contribution in [2.75, 3.05) is 0 Å². The minimum Gasteiger partial charge on any atom is -0.365 e. The van der Waals surface area contributed by atoms with Crippen molar-refractivity contribution in [1.82, 2.24) is 4.57 Å². The van der Waals surface area contributed by atoms with Gasteiger partial charge in [-0.3, -0.25) is 10.2 Å². The maximum atomic E-state index is 13.5. The van der Waals surface area contributed by atoms with Gasteiger partial charge in [0, 0.05) is 12.7 Å². The predicted molar refractivity (Wildman–Crippen MR) is 74.1 cm³/mol. The number of benzene rings is 1. The first kappa shape index (κ1) is 14.3. The zero-order valence-corrected chi connectivity index (χ0v) is 11.5. The summed E-state index contributed by atoms with van der Waals surface area (Å²) >= 11 is 5.90. The summed E-state index contributed by atoms with van der Waals surface area (Å²) in [5.74, 6) is -1.03. The van der Waals surface area contributed by atoms with Crippen molar-refractivity contribution in [2.45, 2.75) is 13.5 Å². The number of hydrogen-bond donors (Lipinski definition) is 2. The topological polar surface area (TPSA) is 71.9 Å². The summed E-state index contributed by atoms with van der Waals surface area (Å²) in [4.78, 5) is 11.2. The smallest absolute Gasteiger partial charge is 0.252 e. The van der Waals surface area contributed by atoms with Crippen LogP contribution in [0.5, 0.6) is 0 Å². The molecule has 6 heteroatoms. The molecule has 1 aromatic heterocycles. The van der Waals surface area contributed by atoms with E-state index < -0.39 is 5.91 Å². The fraction of sp³-hybridized carbons (Fsp3) is 0.143. The van der Waals surface area contributed by atoms with E-state index in [9.17, 15) is 9.18 Å². The van der Waals surface area contributed by atoms with Crippen molar-refractivity contribution in [1.29, 1.82) is 5.41 Å². The van der Waals surface area contributed by atoms with Gasteiger partial charge in [-0.25, -0.2) is 4.39 Å². The lowest BCUT2D eigenvalue weighted by atomic mass is 10.1. The van der Waals surface area contributed by atoms with Crippen molar-refractivity contribution >= 4 is 17.5 Å². The number of aromatic nitrogens is 1. The minimum absolute atomic E-state index is 0.0325. The normalized spacial score (nSPS) is 10.6. The molecule has 0 spiro atoms. The Morgan fingerprint density at radius 3 is 2.75 bits per heavy atom. The predicted octanol–water partition coefficient (Wildman–Crippen LogP) is 2.22. The van der Waals surface area contributed by atoms with Crippen LogP contribution in [0, 0.1) is 18.2 Å². The van der Waals surface area contributed by atoms with E-state index in [0.29, 0.717) is 16.1 Å². The van der Waals surface area contributed by atoms with E-state index in [1.807, 2.05) is 0 Å². The van der Waals surface area contributed by atoms with Crippen LogP contribution in [0.2, 0.25) is 5.02 Å². The van der Waals surface area contributed by atoms with Gasteiger partial charge in [0.25, 0.3) is 5.91 Å². The Bertz CT molecular complexity index is 740. The van der Waals surface area contributed by atoms with Crippen LogP contribution in [0.3, 0.4) is 0 Å². The molecule has 2 aromatic rings. The Labute approximate surface area is 120 Å². The van der Waals surface area contributed by atoms with Crippen LogP contribution in [0.1, 0.15) is 21.5 Å². The maximum absolute atomic E-state index is 13.5. The van der Waals surface area contributed by atoms with Gasteiger partial charge in [-0.05, 0) is 30.2 Å². The summed E-state index contributed by atoms with van der Waals surface area (Å²) in [5.41, 5.74) is 6.40. The maximum Gasteiger partial charge on any atom is 0.252 e. The molecular weight excluding hydrogens is 281 g/mol. The third-order valence-electron chi connectivity index (χ3n) is 2.96. The molecule has 1 aromatic carbocycles. The first-order valence-corrected chi connectivity index (χ1v) is 6.25. The molecule has 2 rings (SSSR count). The number of rotatable bonds is 3. The highest BCUT2D eigenvalue weighted by Gasteiger charge is 2.09. The lowest BCUT2D eigenvalue weighted by Gasteiger charge is -2.10. The van der Waals surface area contributed by atoms with Crippen LogP contribution in [0.25, 0.3) is 0 Å². The van der Waals surface area contributed by atoms with Gasteiger partial charge in [0.05, 0.1) is 10.6 Å². The van der Waals surface area contributed by atoms with Crippen LogP contribution < -0.4 is 11.2 Å². The molecular formula is C14H13ClFN3O. The number of nitrogens with one attached hydrogen (secondary N) is 1. The Morgan fingerprint density at radius 1 is 1.45 bits per heavy atom. The van der Waals surface area contributed by atoms with Gasteiger partial charge in [-0.2, -0.15) is 0 Å². The molecule has 0 saturated carbocycles. The zero-order valence-electron chi connectivity index (χ0n) is 10.8. The third-order valence-corrected chi connectivity index (χ3v) is 3.17. The van der Waals surface area contributed by atoms with Crippen LogP contribution in [-0.4, -0.2) is 10.5 Å². The van der Waals surface area contributed by atoms with E-state index in [1.165, 1.54) is 22.9 Å². The van der Waals surface area contributed by atoms with Crippen molar-refractivity contribution in [2.24, 2.45) is 5.73 Å². The van der Waals surface area contributed by atoms with E-state index in [2.05, 4.69) is 0 Å². The molecule has 0 atom stereocenters. The molecule has 4 nitrogen and oxygen atoms in total. The molecule has 0 fully saturated rings. The van der Waals surface area contributed by atoms with Crippen molar-refractivity contribution in [3.8, 4) is 0 Å². The number of carbonyl (C=O) groups is 1. The Morgan fingerprint density at radius 2 is 2.15 bits per heavy atom. The lowest BCUT2D eigenvalue weighted by Crippen LogP contribution is -2.29. The van der Waals surface area contributed by atoms with Gasteiger partial charge in [0.15, 0.2) is 0 Å². The monoisotopic (exact) mass is 293 g/mol. The average Bonchev–Trinajstić information content (AvgIpc) is 2.37. The molecule has 0 saturated heterocycles. The number of halogens is 2. The number of primary amides is 1. The molecule has 20 heavy (non-hydrogen) atoms. The molecule has 0 radical (unpaired) electrons. The highest BCUT2D eigenvalue weighted by atomic mass is 35.5. The second kappa shape index (κ2) is 5.46. The molecule has 1 amide bonds. The average molecular weight is 294 g/mol. The minimum atomic E-state index is -0.721. The highest BCUT2D eigenvalue weighted by molar-refractivity contribution is 6.30. The summed E-state index contributed by atoms with van der Waals surface area (Å²) < 4.78 is 15.0. The molecule has 0 aliphatic rings. The van der Waals surface area contributed by atoms with Crippen LogP contribution in [0.4, 0.5) is 4.39 Å². The Hall–Kier alpha value is -2.14. The lowest BCUT2D eigenvalue weighted by molar-refractivity contribution is 0.0998. The van der Waals surface area contributed by atoms with Gasteiger partial charge in [0.2, 0.25) is 0 Å². The van der Waals surface area contributed by atoms with Crippen LogP contribution in [0.15, 0.2) is 30.5 Å². The van der Waals surface area contributed by atoms with Gasteiger partial charge in [0.1, 0.15) is 11.3 Å². The van der Waals surface area contributed by atoms with Gasteiger partial charge in [-0.15, -0.1) is 0 Å². The third kappa shape index (κ3) is 2.88. The van der Waals surface area contributed by atoms with E-state index in [1.54, 1.807) is 19.1 Å². The summed E-state index contributed by atoms with van der Waals surface area (Å²) in [7, 11) is 0. The summed E-state index contributed by atoms with van der Waals surface area (Å²) in [6, 6.07) is 6.16. The standard InChI is InChI=1S/C14H13ClFN3O/c1-8-2-3-9(4-12(8)16)6-19-7-10(15)5-11(13(19)17)14(18)20/h2-5,7,17H,6H2,1H3,(H2,18,20). The van der Waals surface area contributed by atoms with E-state index in [-0.39, 0.29) is 23.4 Å². The van der Waals surface area contributed by atoms with Crippen molar-refractivity contribution in [3.63, 3.8) is 0 Å². The fourth-order valence-electron chi connectivity index (χ4n) is 1.86. The highest BCUT2D eigenvalue weighted by Crippen LogP contribution is 2.12. The molecule has 1 heterocycles. The summed E-state index contributed by atoms with van der Waals surface area (Å²) in [6.07, 6.45) is 1.51. The summed E-state index contributed by atoms with van der Waals surface area (Å²) in [6.45, 7) is 1.91.